The number of benzene rings is 2. The standard InChI is InChI=1S/C19H20ClNO5S/c1-11-9-15(16(25-3)10-14(11)20)21-18(22)12(2)26-19(23)13-7-5-6-8-17(13)27(4)24/h5-10,12H,1-4H3,(H,21,22)/t12-,27+/m1/s1. The summed E-state index contributed by atoms with van der Waals surface area (Å²) in [5, 5.41) is 3.17. The van der Waals surface area contributed by atoms with Gasteiger partial charge in [-0.2, -0.15) is 0 Å². The Morgan fingerprint density at radius 2 is 1.89 bits per heavy atom. The van der Waals surface area contributed by atoms with Crippen molar-refractivity contribution in [3.05, 3.63) is 52.5 Å². The zero-order valence-corrected chi connectivity index (χ0v) is 16.9. The first-order valence-corrected chi connectivity index (χ1v) is 9.96. The summed E-state index contributed by atoms with van der Waals surface area (Å²) in [5.41, 5.74) is 1.34. The number of esters is 1. The highest BCUT2D eigenvalue weighted by molar-refractivity contribution is 7.84. The van der Waals surface area contributed by atoms with Gasteiger partial charge in [-0.1, -0.05) is 23.7 Å². The largest absolute Gasteiger partial charge is 0.495 e. The van der Waals surface area contributed by atoms with Gasteiger partial charge in [-0.25, -0.2) is 4.79 Å². The fraction of sp³-hybridized carbons (Fsp3) is 0.263. The summed E-state index contributed by atoms with van der Waals surface area (Å²) < 4.78 is 22.2. The molecule has 0 spiro atoms. The van der Waals surface area contributed by atoms with E-state index in [-0.39, 0.29) is 5.56 Å². The number of amides is 1. The average Bonchev–Trinajstić information content (AvgIpc) is 2.64. The van der Waals surface area contributed by atoms with Gasteiger partial charge in [-0.05, 0) is 37.6 Å². The normalized spacial score (nSPS) is 12.8. The van der Waals surface area contributed by atoms with Gasteiger partial charge in [0.25, 0.3) is 5.91 Å². The highest BCUT2D eigenvalue weighted by atomic mass is 35.5. The zero-order valence-electron chi connectivity index (χ0n) is 15.4. The number of ether oxygens (including phenoxy) is 2. The Bertz CT molecular complexity index is 900. The molecule has 2 atom stereocenters. The van der Waals surface area contributed by atoms with Crippen LogP contribution in [0.15, 0.2) is 41.3 Å². The van der Waals surface area contributed by atoms with Gasteiger partial charge in [0.05, 0.1) is 34.1 Å². The van der Waals surface area contributed by atoms with Crippen LogP contribution in [0.1, 0.15) is 22.8 Å². The molecule has 0 unspecified atom stereocenters. The average molecular weight is 410 g/mol. The van der Waals surface area contributed by atoms with Crippen molar-refractivity contribution in [1.29, 1.82) is 0 Å². The molecule has 0 bridgehead atoms. The van der Waals surface area contributed by atoms with E-state index in [0.717, 1.165) is 5.56 Å². The molecule has 0 heterocycles. The summed E-state index contributed by atoms with van der Waals surface area (Å²) in [6.07, 6.45) is 0.397. The first-order chi connectivity index (χ1) is 12.7. The lowest BCUT2D eigenvalue weighted by atomic mass is 10.2. The molecular weight excluding hydrogens is 390 g/mol. The molecule has 0 aliphatic heterocycles. The van der Waals surface area contributed by atoms with Crippen molar-refractivity contribution in [2.45, 2.75) is 24.8 Å². The molecule has 2 aromatic carbocycles. The van der Waals surface area contributed by atoms with Crippen molar-refractivity contribution < 1.29 is 23.3 Å². The van der Waals surface area contributed by atoms with E-state index in [1.165, 1.54) is 26.4 Å². The Morgan fingerprint density at radius 3 is 2.52 bits per heavy atom. The van der Waals surface area contributed by atoms with Crippen LogP contribution in [0.5, 0.6) is 5.75 Å². The number of halogens is 1. The number of carbonyl (C=O) groups is 2. The van der Waals surface area contributed by atoms with Crippen LogP contribution in [-0.4, -0.2) is 35.6 Å². The maximum atomic E-state index is 12.4. The molecule has 0 radical (unpaired) electrons. The summed E-state index contributed by atoms with van der Waals surface area (Å²) >= 11 is 6.05. The Labute approximate surface area is 165 Å². The van der Waals surface area contributed by atoms with Crippen LogP contribution < -0.4 is 10.1 Å². The van der Waals surface area contributed by atoms with Crippen molar-refractivity contribution >= 4 is 40.0 Å². The van der Waals surface area contributed by atoms with Crippen molar-refractivity contribution in [2.24, 2.45) is 0 Å². The van der Waals surface area contributed by atoms with Crippen molar-refractivity contribution in [1.82, 2.24) is 0 Å². The third-order valence-corrected chi connectivity index (χ3v) is 5.19. The van der Waals surface area contributed by atoms with Gasteiger partial charge in [0.1, 0.15) is 5.75 Å². The fourth-order valence-electron chi connectivity index (χ4n) is 2.33. The second kappa shape index (κ2) is 9.01. The van der Waals surface area contributed by atoms with Crippen LogP contribution >= 0.6 is 11.6 Å². The lowest BCUT2D eigenvalue weighted by Crippen LogP contribution is -2.30. The number of aryl methyl sites for hydroxylation is 1. The molecule has 1 N–H and O–H groups in total. The van der Waals surface area contributed by atoms with Gasteiger partial charge < -0.3 is 14.8 Å². The Balaban J connectivity index is 2.14. The minimum atomic E-state index is -1.36. The molecule has 0 aliphatic rings. The lowest BCUT2D eigenvalue weighted by Gasteiger charge is -2.16. The van der Waals surface area contributed by atoms with Crippen LogP contribution in [0.25, 0.3) is 0 Å². The predicted molar refractivity (Wildman–Crippen MR) is 105 cm³/mol. The SMILES string of the molecule is COc1cc(Cl)c(C)cc1NC(=O)[C@@H](C)OC(=O)c1ccccc1[S@](C)=O. The highest BCUT2D eigenvalue weighted by Gasteiger charge is 2.22. The second-order valence-electron chi connectivity index (χ2n) is 5.79. The van der Waals surface area contributed by atoms with Gasteiger partial charge >= 0.3 is 5.97 Å². The Morgan fingerprint density at radius 1 is 1.22 bits per heavy atom. The van der Waals surface area contributed by atoms with E-state index >= 15 is 0 Å². The minimum absolute atomic E-state index is 0.165. The van der Waals surface area contributed by atoms with Crippen molar-refractivity contribution in [2.75, 3.05) is 18.7 Å². The fourth-order valence-corrected chi connectivity index (χ4v) is 3.21. The Kier molecular flexibility index (Phi) is 6.98. The highest BCUT2D eigenvalue weighted by Crippen LogP contribution is 2.31. The number of anilines is 1. The van der Waals surface area contributed by atoms with E-state index in [2.05, 4.69) is 5.32 Å². The molecule has 144 valence electrons. The summed E-state index contributed by atoms with van der Waals surface area (Å²) in [6, 6.07) is 9.67. The van der Waals surface area contributed by atoms with Crippen molar-refractivity contribution in [3.63, 3.8) is 0 Å². The van der Waals surface area contributed by atoms with Crippen LogP contribution in [0.2, 0.25) is 5.02 Å². The third kappa shape index (κ3) is 5.08. The minimum Gasteiger partial charge on any atom is -0.495 e. The van der Waals surface area contributed by atoms with Gasteiger partial charge in [-0.15, -0.1) is 0 Å². The van der Waals surface area contributed by atoms with Gasteiger partial charge in [-0.3, -0.25) is 9.00 Å². The molecule has 6 nitrogen and oxygen atoms in total. The molecule has 0 aromatic heterocycles. The van der Waals surface area contributed by atoms with E-state index < -0.39 is 28.8 Å². The molecule has 27 heavy (non-hydrogen) atoms. The molecule has 0 aliphatic carbocycles. The molecular formula is C19H20ClNO5S. The summed E-state index contributed by atoms with van der Waals surface area (Å²) in [6.45, 7) is 3.25. The monoisotopic (exact) mass is 409 g/mol. The molecule has 0 fully saturated rings. The second-order valence-corrected chi connectivity index (χ2v) is 7.54. The van der Waals surface area contributed by atoms with E-state index in [9.17, 15) is 13.8 Å². The molecule has 0 saturated carbocycles. The number of methoxy groups -OCH3 is 1. The van der Waals surface area contributed by atoms with Gasteiger partial charge in [0.15, 0.2) is 6.10 Å². The van der Waals surface area contributed by atoms with Crippen molar-refractivity contribution in [3.8, 4) is 5.75 Å². The van der Waals surface area contributed by atoms with Gasteiger partial charge in [0.2, 0.25) is 0 Å². The number of nitrogens with one attached hydrogen (secondary N) is 1. The summed E-state index contributed by atoms with van der Waals surface area (Å²) in [5.74, 6) is -0.856. The number of hydrogen-bond donors (Lipinski definition) is 1. The molecule has 8 heteroatoms. The summed E-state index contributed by atoms with van der Waals surface area (Å²) in [7, 11) is 0.102. The van der Waals surface area contributed by atoms with Crippen LogP contribution in [-0.2, 0) is 20.3 Å². The van der Waals surface area contributed by atoms with Gasteiger partial charge in [0, 0.05) is 17.3 Å². The lowest BCUT2D eigenvalue weighted by molar-refractivity contribution is -0.123. The molecule has 1 amide bonds. The summed E-state index contributed by atoms with van der Waals surface area (Å²) in [4.78, 5) is 25.2. The van der Waals surface area contributed by atoms with E-state index in [1.807, 2.05) is 0 Å². The first kappa shape index (κ1) is 20.9. The van der Waals surface area contributed by atoms with E-state index in [1.54, 1.807) is 37.3 Å². The van der Waals surface area contributed by atoms with E-state index in [0.29, 0.717) is 21.4 Å². The molecule has 2 rings (SSSR count). The zero-order chi connectivity index (χ0) is 20.1. The first-order valence-electron chi connectivity index (χ1n) is 8.03. The topological polar surface area (TPSA) is 81.7 Å². The number of carbonyl (C=O) groups excluding carboxylic acids is 2. The number of rotatable bonds is 6. The van der Waals surface area contributed by atoms with Crippen LogP contribution in [0.4, 0.5) is 5.69 Å². The third-order valence-electron chi connectivity index (χ3n) is 3.81. The maximum Gasteiger partial charge on any atom is 0.340 e. The van der Waals surface area contributed by atoms with E-state index in [4.69, 9.17) is 21.1 Å². The van der Waals surface area contributed by atoms with Crippen LogP contribution in [0.3, 0.4) is 0 Å². The molecule has 2 aromatic rings. The smallest absolute Gasteiger partial charge is 0.340 e. The predicted octanol–water partition coefficient (Wildman–Crippen LogP) is 3.58. The maximum absolute atomic E-state index is 12.4. The quantitative estimate of drug-likeness (QED) is 0.737. The van der Waals surface area contributed by atoms with Crippen LogP contribution in [0, 0.1) is 6.92 Å². The Hall–Kier alpha value is -2.38. The number of hydrogen-bond acceptors (Lipinski definition) is 5. The molecule has 0 saturated heterocycles.